The quantitative estimate of drug-likeness (QED) is 0.863. The van der Waals surface area contributed by atoms with E-state index < -0.39 is 11.4 Å². The Morgan fingerprint density at radius 2 is 2.12 bits per heavy atom. The van der Waals surface area contributed by atoms with E-state index in [0.29, 0.717) is 0 Å². The molecule has 0 unspecified atom stereocenters. The molecule has 16 heavy (non-hydrogen) atoms. The Bertz CT molecular complexity index is 402. The predicted molar refractivity (Wildman–Crippen MR) is 61.6 cm³/mol. The number of hydrogen-bond donors (Lipinski definition) is 2. The summed E-state index contributed by atoms with van der Waals surface area (Å²) in [5.41, 5.74) is 5.49. The summed E-state index contributed by atoms with van der Waals surface area (Å²) < 4.78 is 18.3. The molecule has 1 aromatic rings. The van der Waals surface area contributed by atoms with Crippen molar-refractivity contribution < 1.29 is 14.2 Å². The molecular formula is C11H15ClFNO2. The molecule has 0 aromatic heterocycles. The summed E-state index contributed by atoms with van der Waals surface area (Å²) in [7, 11) is 1.35. The molecule has 0 amide bonds. The van der Waals surface area contributed by atoms with Crippen LogP contribution in [0.3, 0.4) is 0 Å². The average molecular weight is 248 g/mol. The monoisotopic (exact) mass is 247 g/mol. The van der Waals surface area contributed by atoms with Crippen LogP contribution in [-0.2, 0) is 6.42 Å². The SMILES string of the molecule is COc1cc(F)c(Cl)c(CC(C)(C)N)c1O. The van der Waals surface area contributed by atoms with Gasteiger partial charge >= 0.3 is 0 Å². The first-order valence-corrected chi connectivity index (χ1v) is 5.17. The fourth-order valence-corrected chi connectivity index (χ4v) is 1.63. The second kappa shape index (κ2) is 4.47. The van der Waals surface area contributed by atoms with Gasteiger partial charge in [-0.1, -0.05) is 11.6 Å². The van der Waals surface area contributed by atoms with Gasteiger partial charge in [0, 0.05) is 17.2 Å². The molecule has 5 heteroatoms. The van der Waals surface area contributed by atoms with Crippen LogP contribution in [-0.4, -0.2) is 17.8 Å². The van der Waals surface area contributed by atoms with Gasteiger partial charge in [-0.25, -0.2) is 4.39 Å². The van der Waals surface area contributed by atoms with Gasteiger partial charge < -0.3 is 15.6 Å². The number of phenols is 1. The Morgan fingerprint density at radius 3 is 2.56 bits per heavy atom. The average Bonchev–Trinajstić information content (AvgIpc) is 2.17. The Labute approximate surface area is 99.0 Å². The maximum absolute atomic E-state index is 13.4. The number of rotatable bonds is 3. The Hall–Kier alpha value is -1.00. The van der Waals surface area contributed by atoms with Gasteiger partial charge in [-0.05, 0) is 20.3 Å². The van der Waals surface area contributed by atoms with E-state index in [-0.39, 0.29) is 28.5 Å². The highest BCUT2D eigenvalue weighted by molar-refractivity contribution is 6.31. The summed E-state index contributed by atoms with van der Waals surface area (Å²) >= 11 is 5.79. The molecule has 0 aliphatic carbocycles. The lowest BCUT2D eigenvalue weighted by Gasteiger charge is -2.21. The summed E-state index contributed by atoms with van der Waals surface area (Å²) in [4.78, 5) is 0. The zero-order valence-corrected chi connectivity index (χ0v) is 10.2. The number of halogens is 2. The fraction of sp³-hybridized carbons (Fsp3) is 0.455. The lowest BCUT2D eigenvalue weighted by molar-refractivity contribution is 0.364. The highest BCUT2D eigenvalue weighted by Crippen LogP contribution is 2.38. The Kier molecular flexibility index (Phi) is 3.65. The molecule has 0 atom stereocenters. The summed E-state index contributed by atoms with van der Waals surface area (Å²) in [5.74, 6) is -0.732. The third-order valence-electron chi connectivity index (χ3n) is 2.10. The highest BCUT2D eigenvalue weighted by atomic mass is 35.5. The van der Waals surface area contributed by atoms with Crippen LogP contribution in [0.5, 0.6) is 11.5 Å². The van der Waals surface area contributed by atoms with E-state index >= 15 is 0 Å². The fourth-order valence-electron chi connectivity index (χ4n) is 1.42. The number of benzene rings is 1. The van der Waals surface area contributed by atoms with Crippen molar-refractivity contribution in [3.63, 3.8) is 0 Å². The number of methoxy groups -OCH3 is 1. The van der Waals surface area contributed by atoms with Crippen LogP contribution in [0, 0.1) is 5.82 Å². The van der Waals surface area contributed by atoms with Crippen molar-refractivity contribution >= 4 is 11.6 Å². The van der Waals surface area contributed by atoms with Crippen molar-refractivity contribution in [1.29, 1.82) is 0 Å². The molecule has 0 heterocycles. The smallest absolute Gasteiger partial charge is 0.163 e. The van der Waals surface area contributed by atoms with E-state index in [1.54, 1.807) is 13.8 Å². The molecule has 1 aromatic carbocycles. The van der Waals surface area contributed by atoms with Crippen LogP contribution >= 0.6 is 11.6 Å². The minimum Gasteiger partial charge on any atom is -0.504 e. The van der Waals surface area contributed by atoms with E-state index in [0.717, 1.165) is 6.07 Å². The summed E-state index contributed by atoms with van der Waals surface area (Å²) in [6.07, 6.45) is 0.256. The Balaban J connectivity index is 3.30. The van der Waals surface area contributed by atoms with E-state index in [1.165, 1.54) is 7.11 Å². The maximum atomic E-state index is 13.4. The summed E-state index contributed by atoms with van der Waals surface area (Å²) in [6, 6.07) is 1.05. The van der Waals surface area contributed by atoms with Gasteiger partial charge in [0.05, 0.1) is 12.1 Å². The zero-order valence-electron chi connectivity index (χ0n) is 9.47. The molecule has 90 valence electrons. The van der Waals surface area contributed by atoms with E-state index in [4.69, 9.17) is 22.1 Å². The molecule has 3 N–H and O–H groups in total. The van der Waals surface area contributed by atoms with Crippen molar-refractivity contribution in [3.8, 4) is 11.5 Å². The minimum atomic E-state index is -0.629. The standard InChI is InChI=1S/C11H15ClFNO2/c1-11(2,14)5-6-9(12)7(13)4-8(16-3)10(6)15/h4,15H,5,14H2,1-3H3. The minimum absolute atomic E-state index is 0.0566. The lowest BCUT2D eigenvalue weighted by Crippen LogP contribution is -2.34. The number of hydrogen-bond acceptors (Lipinski definition) is 3. The molecule has 0 aliphatic heterocycles. The van der Waals surface area contributed by atoms with Gasteiger partial charge in [-0.2, -0.15) is 0 Å². The molecule has 0 fully saturated rings. The molecule has 0 spiro atoms. The third-order valence-corrected chi connectivity index (χ3v) is 2.51. The molecule has 0 radical (unpaired) electrons. The number of nitrogens with two attached hydrogens (primary N) is 1. The van der Waals surface area contributed by atoms with Gasteiger partial charge in [0.2, 0.25) is 0 Å². The maximum Gasteiger partial charge on any atom is 0.163 e. The second-order valence-corrected chi connectivity index (χ2v) is 4.75. The predicted octanol–water partition coefficient (Wildman–Crippen LogP) is 2.47. The molecule has 1 rings (SSSR count). The van der Waals surface area contributed by atoms with Crippen LogP contribution in [0.2, 0.25) is 5.02 Å². The van der Waals surface area contributed by atoms with Crippen LogP contribution in [0.4, 0.5) is 4.39 Å². The largest absolute Gasteiger partial charge is 0.504 e. The van der Waals surface area contributed by atoms with Crippen molar-refractivity contribution in [2.45, 2.75) is 25.8 Å². The lowest BCUT2D eigenvalue weighted by atomic mass is 9.95. The third kappa shape index (κ3) is 2.77. The molecule has 3 nitrogen and oxygen atoms in total. The second-order valence-electron chi connectivity index (χ2n) is 4.37. The van der Waals surface area contributed by atoms with E-state index in [9.17, 15) is 9.50 Å². The summed E-state index contributed by atoms with van der Waals surface area (Å²) in [6.45, 7) is 3.53. The van der Waals surface area contributed by atoms with Crippen LogP contribution < -0.4 is 10.5 Å². The summed E-state index contributed by atoms with van der Waals surface area (Å²) in [5, 5.41) is 9.71. The molecular weight excluding hydrogens is 233 g/mol. The number of aromatic hydroxyl groups is 1. The molecule has 0 bridgehead atoms. The van der Waals surface area contributed by atoms with Gasteiger partial charge in [0.15, 0.2) is 11.5 Å². The first-order valence-electron chi connectivity index (χ1n) is 4.79. The van der Waals surface area contributed by atoms with E-state index in [1.807, 2.05) is 0 Å². The number of ether oxygens (including phenoxy) is 1. The molecule has 0 saturated heterocycles. The zero-order chi connectivity index (χ0) is 12.5. The van der Waals surface area contributed by atoms with Gasteiger partial charge in [-0.3, -0.25) is 0 Å². The van der Waals surface area contributed by atoms with Crippen LogP contribution in [0.1, 0.15) is 19.4 Å². The first kappa shape index (κ1) is 13.1. The van der Waals surface area contributed by atoms with Gasteiger partial charge in [0.25, 0.3) is 0 Å². The van der Waals surface area contributed by atoms with Crippen LogP contribution in [0.25, 0.3) is 0 Å². The van der Waals surface area contributed by atoms with Crippen molar-refractivity contribution in [2.24, 2.45) is 5.73 Å². The van der Waals surface area contributed by atoms with Crippen molar-refractivity contribution in [1.82, 2.24) is 0 Å². The molecule has 0 aliphatic rings. The van der Waals surface area contributed by atoms with Crippen molar-refractivity contribution in [2.75, 3.05) is 7.11 Å². The van der Waals surface area contributed by atoms with E-state index in [2.05, 4.69) is 0 Å². The normalized spacial score (nSPS) is 11.6. The van der Waals surface area contributed by atoms with Crippen molar-refractivity contribution in [3.05, 3.63) is 22.5 Å². The molecule has 0 saturated carbocycles. The Morgan fingerprint density at radius 1 is 1.56 bits per heavy atom. The van der Waals surface area contributed by atoms with Gasteiger partial charge in [-0.15, -0.1) is 0 Å². The highest BCUT2D eigenvalue weighted by Gasteiger charge is 2.22. The van der Waals surface area contributed by atoms with Gasteiger partial charge in [0.1, 0.15) is 5.82 Å². The van der Waals surface area contributed by atoms with Crippen LogP contribution in [0.15, 0.2) is 6.07 Å². The first-order chi connectivity index (χ1) is 7.26. The topological polar surface area (TPSA) is 55.5 Å². The number of phenolic OH excluding ortho intramolecular Hbond substituents is 1.